The fourth-order valence-electron chi connectivity index (χ4n) is 1.66. The zero-order valence-corrected chi connectivity index (χ0v) is 9.40. The lowest BCUT2D eigenvalue weighted by atomic mass is 9.85. The van der Waals surface area contributed by atoms with Crippen molar-refractivity contribution in [1.29, 1.82) is 0 Å². The van der Waals surface area contributed by atoms with Gasteiger partial charge < -0.3 is 4.79 Å². The molecule has 0 atom stereocenters. The van der Waals surface area contributed by atoms with Crippen LogP contribution in [0.5, 0.6) is 0 Å². The summed E-state index contributed by atoms with van der Waals surface area (Å²) in [6.07, 6.45) is 2.67. The van der Waals surface area contributed by atoms with Gasteiger partial charge >= 0.3 is 0 Å². The number of aromatic nitrogens is 2. The summed E-state index contributed by atoms with van der Waals surface area (Å²) in [5, 5.41) is 6.98. The van der Waals surface area contributed by atoms with Crippen LogP contribution in [0.3, 0.4) is 0 Å². The molecule has 1 N–H and O–H groups in total. The van der Waals surface area contributed by atoms with Gasteiger partial charge in [-0.3, -0.25) is 5.10 Å². The minimum absolute atomic E-state index is 0.516. The van der Waals surface area contributed by atoms with Gasteiger partial charge in [0.15, 0.2) is 0 Å². The largest absolute Gasteiger partial charge is 0.302 e. The molecule has 3 heteroatoms. The second-order valence-corrected chi connectivity index (χ2v) is 4.36. The van der Waals surface area contributed by atoms with Crippen LogP contribution in [0.4, 0.5) is 0 Å². The van der Waals surface area contributed by atoms with E-state index in [1.807, 2.05) is 44.2 Å². The fraction of sp³-hybridized carbons (Fsp3) is 0.231. The van der Waals surface area contributed by atoms with E-state index in [4.69, 9.17) is 0 Å². The van der Waals surface area contributed by atoms with Crippen molar-refractivity contribution in [2.75, 3.05) is 0 Å². The lowest BCUT2D eigenvalue weighted by Crippen LogP contribution is -2.18. The molecule has 2 aromatic rings. The first kappa shape index (κ1) is 10.6. The van der Waals surface area contributed by atoms with E-state index in [9.17, 15) is 4.79 Å². The third kappa shape index (κ3) is 1.76. The Bertz CT molecular complexity index is 486. The summed E-state index contributed by atoms with van der Waals surface area (Å²) in [6, 6.07) is 9.89. The first-order valence-corrected chi connectivity index (χ1v) is 5.21. The molecule has 82 valence electrons. The number of carbonyl (C=O) groups excluding carboxylic acids is 1. The molecule has 0 aliphatic rings. The molecule has 0 bridgehead atoms. The predicted octanol–water partition coefficient (Wildman–Crippen LogP) is 2.55. The monoisotopic (exact) mass is 214 g/mol. The molecule has 16 heavy (non-hydrogen) atoms. The zero-order valence-electron chi connectivity index (χ0n) is 9.40. The van der Waals surface area contributed by atoms with Crippen molar-refractivity contribution in [2.24, 2.45) is 0 Å². The smallest absolute Gasteiger partial charge is 0.130 e. The van der Waals surface area contributed by atoms with Gasteiger partial charge in [-0.15, -0.1) is 0 Å². The van der Waals surface area contributed by atoms with E-state index >= 15 is 0 Å². The van der Waals surface area contributed by atoms with Crippen molar-refractivity contribution in [1.82, 2.24) is 10.2 Å². The molecule has 1 heterocycles. The Hall–Kier alpha value is -1.90. The van der Waals surface area contributed by atoms with Gasteiger partial charge in [-0.2, -0.15) is 5.10 Å². The lowest BCUT2D eigenvalue weighted by molar-refractivity contribution is -0.111. The van der Waals surface area contributed by atoms with Gasteiger partial charge in [0.2, 0.25) is 0 Å². The maximum Gasteiger partial charge on any atom is 0.130 e. The second-order valence-electron chi connectivity index (χ2n) is 4.36. The molecule has 2 rings (SSSR count). The minimum Gasteiger partial charge on any atom is -0.302 e. The molecular weight excluding hydrogens is 200 g/mol. The Labute approximate surface area is 94.5 Å². The molecule has 0 saturated carbocycles. The Kier molecular flexibility index (Phi) is 2.60. The number of aromatic amines is 1. The Morgan fingerprint density at radius 2 is 1.94 bits per heavy atom. The number of benzene rings is 1. The second kappa shape index (κ2) is 3.93. The van der Waals surface area contributed by atoms with Crippen molar-refractivity contribution < 1.29 is 4.79 Å². The summed E-state index contributed by atoms with van der Waals surface area (Å²) >= 11 is 0. The van der Waals surface area contributed by atoms with Gasteiger partial charge in [0.25, 0.3) is 0 Å². The van der Waals surface area contributed by atoms with Crippen LogP contribution in [0.1, 0.15) is 19.4 Å². The van der Waals surface area contributed by atoms with Gasteiger partial charge in [-0.25, -0.2) is 0 Å². The zero-order chi connectivity index (χ0) is 11.6. The van der Waals surface area contributed by atoms with Crippen LogP contribution in [0.25, 0.3) is 11.3 Å². The van der Waals surface area contributed by atoms with Crippen LogP contribution in [0, 0.1) is 0 Å². The molecule has 3 nitrogen and oxygen atoms in total. The normalized spacial score (nSPS) is 11.4. The molecule has 0 radical (unpaired) electrons. The fourth-order valence-corrected chi connectivity index (χ4v) is 1.66. The van der Waals surface area contributed by atoms with E-state index in [1.165, 1.54) is 0 Å². The molecule has 0 unspecified atom stereocenters. The topological polar surface area (TPSA) is 45.8 Å². The first-order valence-electron chi connectivity index (χ1n) is 5.21. The molecule has 0 spiro atoms. The highest BCUT2D eigenvalue weighted by Gasteiger charge is 2.25. The maximum absolute atomic E-state index is 11.1. The molecule has 0 aliphatic carbocycles. The summed E-state index contributed by atoms with van der Waals surface area (Å²) in [5.74, 6) is 0. The third-order valence-corrected chi connectivity index (χ3v) is 2.69. The molecule has 1 aromatic carbocycles. The third-order valence-electron chi connectivity index (χ3n) is 2.69. The highest BCUT2D eigenvalue weighted by Crippen LogP contribution is 2.29. The average Bonchev–Trinajstić information content (AvgIpc) is 2.80. The van der Waals surface area contributed by atoms with E-state index in [0.29, 0.717) is 0 Å². The van der Waals surface area contributed by atoms with Crippen LogP contribution in [-0.4, -0.2) is 16.5 Å². The van der Waals surface area contributed by atoms with Crippen LogP contribution in [0.15, 0.2) is 36.5 Å². The van der Waals surface area contributed by atoms with Crippen molar-refractivity contribution in [3.63, 3.8) is 0 Å². The number of carbonyl (C=O) groups is 1. The standard InChI is InChI=1S/C13H14N2O/c1-13(2,9-16)11-8-14-15-12(11)10-6-4-3-5-7-10/h3-9H,1-2H3,(H,14,15). The number of hydrogen-bond donors (Lipinski definition) is 1. The minimum atomic E-state index is -0.516. The van der Waals surface area contributed by atoms with Gasteiger partial charge in [-0.1, -0.05) is 30.3 Å². The van der Waals surface area contributed by atoms with Crippen molar-refractivity contribution in [2.45, 2.75) is 19.3 Å². The van der Waals surface area contributed by atoms with Gasteiger partial charge in [0.05, 0.1) is 11.9 Å². The van der Waals surface area contributed by atoms with Gasteiger partial charge in [0.1, 0.15) is 6.29 Å². The summed E-state index contributed by atoms with van der Waals surface area (Å²) in [4.78, 5) is 11.1. The SMILES string of the molecule is CC(C)(C=O)c1cn[nH]c1-c1ccccc1. The Morgan fingerprint density at radius 1 is 1.25 bits per heavy atom. The van der Waals surface area contributed by atoms with Crippen LogP contribution in [0.2, 0.25) is 0 Å². The Morgan fingerprint density at radius 3 is 2.56 bits per heavy atom. The highest BCUT2D eigenvalue weighted by molar-refractivity contribution is 5.74. The van der Waals surface area contributed by atoms with E-state index < -0.39 is 5.41 Å². The van der Waals surface area contributed by atoms with E-state index in [-0.39, 0.29) is 0 Å². The van der Waals surface area contributed by atoms with Crippen molar-refractivity contribution in [3.05, 3.63) is 42.1 Å². The summed E-state index contributed by atoms with van der Waals surface area (Å²) in [5.41, 5.74) is 2.37. The van der Waals surface area contributed by atoms with Crippen LogP contribution < -0.4 is 0 Å². The highest BCUT2D eigenvalue weighted by atomic mass is 16.1. The van der Waals surface area contributed by atoms with E-state index in [1.54, 1.807) is 6.20 Å². The molecule has 0 saturated heterocycles. The molecule has 1 aromatic heterocycles. The molecule has 0 amide bonds. The summed E-state index contributed by atoms with van der Waals surface area (Å²) in [6.45, 7) is 3.77. The van der Waals surface area contributed by atoms with Crippen molar-refractivity contribution in [3.8, 4) is 11.3 Å². The summed E-state index contributed by atoms with van der Waals surface area (Å²) < 4.78 is 0. The summed E-state index contributed by atoms with van der Waals surface area (Å²) in [7, 11) is 0. The number of hydrogen-bond acceptors (Lipinski definition) is 2. The van der Waals surface area contributed by atoms with E-state index in [2.05, 4.69) is 10.2 Å². The van der Waals surface area contributed by atoms with Gasteiger partial charge in [0, 0.05) is 11.0 Å². The van der Waals surface area contributed by atoms with E-state index in [0.717, 1.165) is 23.1 Å². The molecule has 0 aliphatic heterocycles. The first-order chi connectivity index (χ1) is 7.65. The lowest BCUT2D eigenvalue weighted by Gasteiger charge is -2.16. The Balaban J connectivity index is 2.53. The number of aldehydes is 1. The number of H-pyrrole nitrogens is 1. The van der Waals surface area contributed by atoms with Crippen molar-refractivity contribution >= 4 is 6.29 Å². The number of nitrogens with one attached hydrogen (secondary N) is 1. The number of nitrogens with zero attached hydrogens (tertiary/aromatic N) is 1. The quantitative estimate of drug-likeness (QED) is 0.798. The predicted molar refractivity (Wildman–Crippen MR) is 63.1 cm³/mol. The maximum atomic E-state index is 11.1. The molecular formula is C13H14N2O. The number of rotatable bonds is 3. The van der Waals surface area contributed by atoms with Crippen LogP contribution >= 0.6 is 0 Å². The molecule has 0 fully saturated rings. The van der Waals surface area contributed by atoms with Gasteiger partial charge in [-0.05, 0) is 19.4 Å². The average molecular weight is 214 g/mol. The van der Waals surface area contributed by atoms with Crippen LogP contribution in [-0.2, 0) is 10.2 Å².